The lowest BCUT2D eigenvalue weighted by Crippen LogP contribution is -2.38. The molecule has 1 atom stereocenters. The van der Waals surface area contributed by atoms with Crippen molar-refractivity contribution in [2.75, 3.05) is 20.2 Å². The van der Waals surface area contributed by atoms with Gasteiger partial charge in [0.25, 0.3) is 0 Å². The van der Waals surface area contributed by atoms with Gasteiger partial charge in [-0.2, -0.15) is 13.2 Å². The molecule has 0 amide bonds. The smallest absolute Gasteiger partial charge is 0.391 e. The number of nitrogens with zero attached hydrogens (tertiary/aromatic N) is 6. The Morgan fingerprint density at radius 1 is 1.05 bits per heavy atom. The molecule has 8 nitrogen and oxygen atoms in total. The third-order valence-corrected chi connectivity index (χ3v) is 8.04. The van der Waals surface area contributed by atoms with Crippen molar-refractivity contribution < 1.29 is 23.0 Å². The Balaban J connectivity index is 1.60. The molecule has 0 bridgehead atoms. The Morgan fingerprint density at radius 2 is 1.73 bits per heavy atom. The maximum absolute atomic E-state index is 13.2. The summed E-state index contributed by atoms with van der Waals surface area (Å²) >= 11 is 6.97. The van der Waals surface area contributed by atoms with Crippen LogP contribution in [0, 0.1) is 19.8 Å². The molecule has 0 radical (unpaired) electrons. The zero-order chi connectivity index (χ0) is 28.8. The van der Waals surface area contributed by atoms with Crippen molar-refractivity contribution in [3.63, 3.8) is 0 Å². The van der Waals surface area contributed by atoms with Crippen molar-refractivity contribution in [2.45, 2.75) is 45.0 Å². The first-order valence-corrected chi connectivity index (χ1v) is 13.3. The van der Waals surface area contributed by atoms with Gasteiger partial charge < -0.3 is 9.84 Å². The van der Waals surface area contributed by atoms with Gasteiger partial charge in [0.05, 0.1) is 35.5 Å². The predicted octanol–water partition coefficient (Wildman–Crippen LogP) is 5.10. The molecule has 12 heteroatoms. The number of hydrogen-bond acceptors (Lipinski definition) is 7. The second kappa shape index (κ2) is 10.6. The summed E-state index contributed by atoms with van der Waals surface area (Å²) in [6, 6.07) is 8.93. The number of ether oxygens (including phenoxy) is 1. The molecule has 212 valence electrons. The number of rotatable bonds is 6. The van der Waals surface area contributed by atoms with Gasteiger partial charge in [-0.05, 0) is 75.2 Å². The first-order chi connectivity index (χ1) is 18.9. The summed E-state index contributed by atoms with van der Waals surface area (Å²) in [4.78, 5) is 11.0. The minimum atomic E-state index is -4.19. The zero-order valence-electron chi connectivity index (χ0n) is 22.6. The van der Waals surface area contributed by atoms with Crippen LogP contribution in [-0.4, -0.2) is 61.3 Å². The van der Waals surface area contributed by atoms with Crippen molar-refractivity contribution in [3.8, 4) is 5.88 Å². The van der Waals surface area contributed by atoms with Crippen LogP contribution in [0.1, 0.15) is 46.6 Å². The summed E-state index contributed by atoms with van der Waals surface area (Å²) < 4.78 is 46.6. The fraction of sp³-hybridized carbons (Fsp3) is 0.429. The van der Waals surface area contributed by atoms with E-state index in [4.69, 9.17) is 16.3 Å². The molecule has 1 saturated heterocycles. The van der Waals surface area contributed by atoms with Crippen LogP contribution < -0.4 is 4.74 Å². The zero-order valence-corrected chi connectivity index (χ0v) is 23.4. The van der Waals surface area contributed by atoms with Gasteiger partial charge in [0, 0.05) is 35.9 Å². The molecule has 0 aliphatic carbocycles. The Kier molecular flexibility index (Phi) is 7.49. The number of aryl methyl sites for hydroxylation is 3. The number of pyridine rings is 2. The average Bonchev–Trinajstić information content (AvgIpc) is 3.35. The van der Waals surface area contributed by atoms with E-state index in [9.17, 15) is 18.3 Å². The summed E-state index contributed by atoms with van der Waals surface area (Å²) in [7, 11) is 3.19. The number of halogens is 4. The highest BCUT2D eigenvalue weighted by atomic mass is 35.5. The van der Waals surface area contributed by atoms with Crippen LogP contribution in [0.25, 0.3) is 10.9 Å². The van der Waals surface area contributed by atoms with E-state index < -0.39 is 17.7 Å². The van der Waals surface area contributed by atoms with Crippen LogP contribution in [-0.2, 0) is 19.2 Å². The monoisotopic (exact) mass is 574 g/mol. The molecule has 4 aromatic rings. The minimum Gasteiger partial charge on any atom is -0.481 e. The Morgan fingerprint density at radius 3 is 2.30 bits per heavy atom. The molecule has 40 heavy (non-hydrogen) atoms. The molecule has 5 rings (SSSR count). The van der Waals surface area contributed by atoms with E-state index in [1.165, 1.54) is 18.0 Å². The number of aromatic nitrogens is 5. The standard InChI is InChI=1S/C28H30ClF3N6O2/c1-16-11-20(12-17(2)34-16)27(39,24-14-33-36-37(24)3)19-5-6-23-21(13-19)25(29)22(26(35-23)40-4)15-38-9-7-18(8-10-38)28(30,31)32/h5-6,11-14,18,39H,7-10,15H2,1-4H3/t27-/m0/s1. The molecule has 1 fully saturated rings. The van der Waals surface area contributed by atoms with Crippen molar-refractivity contribution in [3.05, 3.63) is 75.3 Å². The SMILES string of the molecule is COc1nc2ccc([C@](O)(c3cc(C)nc(C)c3)c3cnnn3C)cc2c(Cl)c1CN1CCC(C(F)(F)F)CC1. The highest BCUT2D eigenvalue weighted by molar-refractivity contribution is 6.36. The van der Waals surface area contributed by atoms with E-state index in [1.54, 1.807) is 25.2 Å². The maximum Gasteiger partial charge on any atom is 0.391 e. The van der Waals surface area contributed by atoms with E-state index in [0.717, 1.165) is 11.4 Å². The third kappa shape index (κ3) is 5.13. The van der Waals surface area contributed by atoms with Gasteiger partial charge in [-0.1, -0.05) is 22.9 Å². The summed E-state index contributed by atoms with van der Waals surface area (Å²) in [5, 5.41) is 21.4. The second-order valence-corrected chi connectivity index (χ2v) is 10.7. The lowest BCUT2D eigenvalue weighted by atomic mass is 9.82. The lowest BCUT2D eigenvalue weighted by molar-refractivity contribution is -0.185. The highest BCUT2D eigenvalue weighted by Crippen LogP contribution is 2.41. The molecule has 0 spiro atoms. The van der Waals surface area contributed by atoms with Crippen LogP contribution in [0.15, 0.2) is 36.5 Å². The summed E-state index contributed by atoms with van der Waals surface area (Å²) in [5.41, 5.74) is 2.53. The fourth-order valence-corrected chi connectivity index (χ4v) is 5.83. The van der Waals surface area contributed by atoms with E-state index in [1.807, 2.05) is 30.9 Å². The van der Waals surface area contributed by atoms with Crippen molar-refractivity contribution in [1.82, 2.24) is 29.9 Å². The molecular weight excluding hydrogens is 545 g/mol. The molecule has 0 unspecified atom stereocenters. The molecule has 1 N–H and O–H groups in total. The van der Waals surface area contributed by atoms with E-state index in [2.05, 4.69) is 20.3 Å². The van der Waals surface area contributed by atoms with Crippen molar-refractivity contribution >= 4 is 22.5 Å². The van der Waals surface area contributed by atoms with Gasteiger partial charge in [-0.25, -0.2) is 9.67 Å². The number of alkyl halides is 3. The molecule has 1 aromatic carbocycles. The molecule has 3 aromatic heterocycles. The second-order valence-electron chi connectivity index (χ2n) is 10.3. The molecule has 4 heterocycles. The van der Waals surface area contributed by atoms with E-state index in [0.29, 0.717) is 50.7 Å². The van der Waals surface area contributed by atoms with Crippen LogP contribution in [0.4, 0.5) is 13.2 Å². The lowest BCUT2D eigenvalue weighted by Gasteiger charge is -2.33. The van der Waals surface area contributed by atoms with Crippen molar-refractivity contribution in [2.24, 2.45) is 13.0 Å². The largest absolute Gasteiger partial charge is 0.481 e. The van der Waals surface area contributed by atoms with E-state index >= 15 is 0 Å². The first kappa shape index (κ1) is 28.3. The number of fused-ring (bicyclic) bond motifs is 1. The molecular formula is C28H30ClF3N6O2. The first-order valence-electron chi connectivity index (χ1n) is 12.9. The normalized spacial score (nSPS) is 16.8. The van der Waals surface area contributed by atoms with Crippen LogP contribution >= 0.6 is 11.6 Å². The predicted molar refractivity (Wildman–Crippen MR) is 144 cm³/mol. The fourth-order valence-electron chi connectivity index (χ4n) is 5.54. The molecule has 1 aliphatic rings. The number of likely N-dealkylation sites (tertiary alicyclic amines) is 1. The average molecular weight is 575 g/mol. The van der Waals surface area contributed by atoms with Gasteiger partial charge in [-0.3, -0.25) is 9.88 Å². The Hall–Kier alpha value is -3.28. The third-order valence-electron chi connectivity index (χ3n) is 7.61. The van der Waals surface area contributed by atoms with Gasteiger partial charge >= 0.3 is 6.18 Å². The topological polar surface area (TPSA) is 89.2 Å². The minimum absolute atomic E-state index is 0.0329. The van der Waals surface area contributed by atoms with Crippen molar-refractivity contribution in [1.29, 1.82) is 0 Å². The molecule has 1 aliphatic heterocycles. The number of hydrogen-bond donors (Lipinski definition) is 1. The summed E-state index contributed by atoms with van der Waals surface area (Å²) in [6.07, 6.45) is -2.61. The van der Waals surface area contributed by atoms with Gasteiger partial charge in [0.1, 0.15) is 0 Å². The number of methoxy groups -OCH3 is 1. The summed E-state index contributed by atoms with van der Waals surface area (Å²) in [6.45, 7) is 4.58. The number of benzene rings is 1. The van der Waals surface area contributed by atoms with Crippen LogP contribution in [0.3, 0.4) is 0 Å². The summed E-state index contributed by atoms with van der Waals surface area (Å²) in [5.74, 6) is -0.979. The Bertz CT molecular complexity index is 1530. The van der Waals surface area contributed by atoms with Crippen LogP contribution in [0.2, 0.25) is 5.02 Å². The highest BCUT2D eigenvalue weighted by Gasteiger charge is 2.41. The number of aliphatic hydroxyl groups is 1. The van der Waals surface area contributed by atoms with Gasteiger partial charge in [-0.15, -0.1) is 5.10 Å². The van der Waals surface area contributed by atoms with E-state index in [-0.39, 0.29) is 25.9 Å². The van der Waals surface area contributed by atoms with Gasteiger partial charge in [0.15, 0.2) is 5.60 Å². The number of piperidine rings is 1. The quantitative estimate of drug-likeness (QED) is 0.343. The maximum atomic E-state index is 13.2. The van der Waals surface area contributed by atoms with Crippen LogP contribution in [0.5, 0.6) is 5.88 Å². The van der Waals surface area contributed by atoms with Gasteiger partial charge in [0.2, 0.25) is 5.88 Å². The molecule has 0 saturated carbocycles. The Labute approximate surface area is 234 Å².